The third-order valence-corrected chi connectivity index (χ3v) is 3.60. The molecule has 0 saturated carbocycles. The summed E-state index contributed by atoms with van der Waals surface area (Å²) in [7, 11) is -9.56. The number of hydrogen-bond acceptors (Lipinski definition) is 4. The molecule has 16 heavy (non-hydrogen) atoms. The third kappa shape index (κ3) is 8.38. The molecule has 0 saturated heterocycles. The number of phosphoric ester groups is 1. The lowest BCUT2D eigenvalue weighted by Crippen LogP contribution is -2.12. The molecule has 0 aromatic rings. The van der Waals surface area contributed by atoms with Crippen LogP contribution in [0.15, 0.2) is 0 Å². The van der Waals surface area contributed by atoms with Crippen molar-refractivity contribution in [3.8, 4) is 0 Å². The molecule has 0 aliphatic heterocycles. The Balaban J connectivity index is 4.24. The van der Waals surface area contributed by atoms with Crippen molar-refractivity contribution in [1.82, 2.24) is 0 Å². The molecule has 0 rings (SSSR count). The number of nitrogens with two attached hydrogens (primary N) is 1. The van der Waals surface area contributed by atoms with Crippen molar-refractivity contribution in [3.05, 3.63) is 0 Å². The van der Waals surface area contributed by atoms with Crippen LogP contribution in [0.2, 0.25) is 0 Å². The lowest BCUT2D eigenvalue weighted by Gasteiger charge is -2.18. The lowest BCUT2D eigenvalue weighted by molar-refractivity contribution is 0.147. The van der Waals surface area contributed by atoms with E-state index in [0.29, 0.717) is 25.8 Å². The van der Waals surface area contributed by atoms with E-state index in [1.807, 2.05) is 0 Å². The Hall–Kier alpha value is 0.220. The van der Waals surface area contributed by atoms with E-state index in [9.17, 15) is 9.13 Å². The summed E-state index contributed by atoms with van der Waals surface area (Å²) in [5.41, 5.74) is 5.22. The topological polar surface area (TPSA) is 150 Å². The minimum atomic E-state index is -4.89. The van der Waals surface area contributed by atoms with Crippen LogP contribution in [-0.2, 0) is 13.7 Å². The van der Waals surface area contributed by atoms with E-state index in [1.165, 1.54) is 0 Å². The van der Waals surface area contributed by atoms with Gasteiger partial charge in [0.25, 0.3) is 0 Å². The fourth-order valence-electron chi connectivity index (χ4n) is 1.08. The minimum absolute atomic E-state index is 0.116. The van der Waals surface area contributed by atoms with E-state index in [1.54, 1.807) is 0 Å². The summed E-state index contributed by atoms with van der Waals surface area (Å²) >= 11 is 0. The van der Waals surface area contributed by atoms with Gasteiger partial charge in [0, 0.05) is 0 Å². The van der Waals surface area contributed by atoms with Crippen LogP contribution in [0.5, 0.6) is 0 Å². The molecule has 0 aromatic carbocycles. The zero-order valence-corrected chi connectivity index (χ0v) is 10.4. The van der Waals surface area contributed by atoms with E-state index < -0.39 is 21.3 Å². The van der Waals surface area contributed by atoms with Crippen molar-refractivity contribution in [1.29, 1.82) is 0 Å². The van der Waals surface area contributed by atoms with Crippen LogP contribution in [0.3, 0.4) is 0 Å². The van der Waals surface area contributed by atoms with Gasteiger partial charge >= 0.3 is 15.4 Å². The van der Waals surface area contributed by atoms with Crippen LogP contribution in [0.1, 0.15) is 25.7 Å². The quantitative estimate of drug-likeness (QED) is 0.310. The molecular weight excluding hydrogens is 260 g/mol. The average molecular weight is 277 g/mol. The largest absolute Gasteiger partial charge is 0.470 e. The Morgan fingerprint density at radius 1 is 1.06 bits per heavy atom. The molecule has 1 atom stereocenters. The third-order valence-electron chi connectivity index (χ3n) is 1.79. The maximum Gasteiger partial charge on any atom is 0.470 e. The van der Waals surface area contributed by atoms with Gasteiger partial charge in [0.1, 0.15) is 0 Å². The van der Waals surface area contributed by atoms with Gasteiger partial charge in [-0.25, -0.2) is 4.57 Å². The molecule has 0 amide bonds. The van der Waals surface area contributed by atoms with Gasteiger partial charge in [-0.15, -0.1) is 0 Å². The van der Waals surface area contributed by atoms with Crippen LogP contribution >= 0.6 is 15.4 Å². The smallest absolute Gasteiger partial charge is 0.330 e. The van der Waals surface area contributed by atoms with Crippen LogP contribution in [0, 0.1) is 0 Å². The van der Waals surface area contributed by atoms with Gasteiger partial charge in [0.05, 0.1) is 0 Å². The zero-order chi connectivity index (χ0) is 12.8. The van der Waals surface area contributed by atoms with E-state index in [0.717, 1.165) is 0 Å². The first-order valence-electron chi connectivity index (χ1n) is 4.66. The molecule has 0 aliphatic carbocycles. The van der Waals surface area contributed by atoms with Crippen molar-refractivity contribution >= 4 is 15.4 Å². The summed E-state index contributed by atoms with van der Waals surface area (Å²) < 4.78 is 25.4. The Kier molecular flexibility index (Phi) is 6.93. The first kappa shape index (κ1) is 16.2. The van der Waals surface area contributed by atoms with Gasteiger partial charge in [-0.2, -0.15) is 0 Å². The summed E-state index contributed by atoms with van der Waals surface area (Å²) in [5.74, 6) is -1.76. The van der Waals surface area contributed by atoms with Gasteiger partial charge < -0.3 is 25.3 Å². The predicted octanol–water partition coefficient (Wildman–Crippen LogP) is 0.119. The van der Waals surface area contributed by atoms with Crippen molar-refractivity contribution < 1.29 is 33.2 Å². The highest BCUT2D eigenvalue weighted by Crippen LogP contribution is 2.51. The normalized spacial score (nSPS) is 15.1. The molecule has 0 aromatic heterocycles. The monoisotopic (exact) mass is 277 g/mol. The first-order chi connectivity index (χ1) is 7.17. The molecule has 10 heteroatoms. The zero-order valence-electron chi connectivity index (χ0n) is 8.60. The molecule has 6 N–H and O–H groups in total. The highest BCUT2D eigenvalue weighted by molar-refractivity contribution is 7.53. The Morgan fingerprint density at radius 2 is 1.62 bits per heavy atom. The van der Waals surface area contributed by atoms with Crippen LogP contribution < -0.4 is 5.73 Å². The van der Waals surface area contributed by atoms with E-state index in [-0.39, 0.29) is 6.42 Å². The van der Waals surface area contributed by atoms with Crippen LogP contribution in [0.4, 0.5) is 0 Å². The Labute approximate surface area is 93.2 Å². The predicted molar refractivity (Wildman–Crippen MR) is 56.5 cm³/mol. The van der Waals surface area contributed by atoms with Gasteiger partial charge in [-0.3, -0.25) is 9.09 Å². The van der Waals surface area contributed by atoms with Crippen molar-refractivity contribution in [2.24, 2.45) is 5.73 Å². The number of hydrogen-bond donors (Lipinski definition) is 5. The Morgan fingerprint density at radius 3 is 2.00 bits per heavy atom. The van der Waals surface area contributed by atoms with Crippen molar-refractivity contribution in [2.75, 3.05) is 6.54 Å². The van der Waals surface area contributed by atoms with Gasteiger partial charge in [0.15, 0.2) is 5.85 Å². The molecular formula is C6H17NO7P2. The molecule has 0 heterocycles. The SMILES string of the molecule is NCCCCCC(OP(=O)(O)O)P(=O)(O)O. The summed E-state index contributed by atoms with van der Waals surface area (Å²) in [5, 5.41) is 0. The maximum atomic E-state index is 10.9. The summed E-state index contributed by atoms with van der Waals surface area (Å²) in [6.45, 7) is 0.458. The molecule has 0 bridgehead atoms. The summed E-state index contributed by atoms with van der Waals surface area (Å²) in [6, 6.07) is 0. The molecule has 98 valence electrons. The van der Waals surface area contributed by atoms with E-state index in [4.69, 9.17) is 25.3 Å². The van der Waals surface area contributed by atoms with Gasteiger partial charge in [-0.1, -0.05) is 12.8 Å². The second-order valence-corrected chi connectivity index (χ2v) is 6.22. The molecule has 0 aliphatic rings. The maximum absolute atomic E-state index is 10.9. The van der Waals surface area contributed by atoms with E-state index >= 15 is 0 Å². The first-order valence-corrected chi connectivity index (χ1v) is 7.87. The highest BCUT2D eigenvalue weighted by Gasteiger charge is 2.35. The van der Waals surface area contributed by atoms with E-state index in [2.05, 4.69) is 4.52 Å². The van der Waals surface area contributed by atoms with Gasteiger partial charge in [-0.05, 0) is 19.4 Å². The van der Waals surface area contributed by atoms with Crippen LogP contribution in [0.25, 0.3) is 0 Å². The molecule has 0 spiro atoms. The summed E-state index contributed by atoms with van der Waals surface area (Å²) in [6.07, 6.45) is 1.57. The standard InChI is InChI=1S/C6H17NO7P2/c7-5-3-1-2-4-6(15(8,9)10)14-16(11,12)13/h6H,1-5,7H2,(H2,8,9,10)(H2,11,12,13). The fraction of sp³-hybridized carbons (Fsp3) is 1.00. The number of unbranched alkanes of at least 4 members (excludes halogenated alkanes) is 2. The molecule has 0 radical (unpaired) electrons. The lowest BCUT2D eigenvalue weighted by atomic mass is 10.2. The molecule has 8 nitrogen and oxygen atoms in total. The molecule has 0 fully saturated rings. The second kappa shape index (κ2) is 6.83. The summed E-state index contributed by atoms with van der Waals surface area (Å²) in [4.78, 5) is 34.6. The minimum Gasteiger partial charge on any atom is -0.330 e. The van der Waals surface area contributed by atoms with Gasteiger partial charge in [0.2, 0.25) is 0 Å². The molecule has 1 unspecified atom stereocenters. The van der Waals surface area contributed by atoms with Crippen LogP contribution in [-0.4, -0.2) is 32.0 Å². The number of rotatable bonds is 8. The number of phosphoric acid groups is 1. The highest BCUT2D eigenvalue weighted by atomic mass is 31.2. The Bertz CT molecular complexity index is 285. The average Bonchev–Trinajstić information content (AvgIpc) is 2.06. The second-order valence-electron chi connectivity index (χ2n) is 3.28. The van der Waals surface area contributed by atoms with Crippen molar-refractivity contribution in [2.45, 2.75) is 31.5 Å². The fourth-order valence-corrected chi connectivity index (χ4v) is 2.88. The van der Waals surface area contributed by atoms with Crippen molar-refractivity contribution in [3.63, 3.8) is 0 Å².